The Morgan fingerprint density at radius 1 is 1.00 bits per heavy atom. The van der Waals surface area contributed by atoms with Crippen molar-refractivity contribution in [1.29, 1.82) is 0 Å². The van der Waals surface area contributed by atoms with Gasteiger partial charge in [0.1, 0.15) is 0 Å². The van der Waals surface area contributed by atoms with Gasteiger partial charge in [-0.25, -0.2) is 0 Å². The van der Waals surface area contributed by atoms with E-state index in [0.717, 1.165) is 24.3 Å². The van der Waals surface area contributed by atoms with Gasteiger partial charge in [-0.2, -0.15) is 0 Å². The van der Waals surface area contributed by atoms with Crippen LogP contribution in [0.2, 0.25) is 0 Å². The molecule has 0 spiro atoms. The fraction of sp³-hybridized carbons (Fsp3) is 0.250. The van der Waals surface area contributed by atoms with Crippen LogP contribution in [0.1, 0.15) is 13.8 Å². The molecule has 0 aromatic heterocycles. The van der Waals surface area contributed by atoms with Crippen LogP contribution in [0.4, 0.5) is 11.6 Å². The molecular formula is C16H17F3IO4S-. The van der Waals surface area contributed by atoms with Gasteiger partial charge in [0.15, 0.2) is 0 Å². The molecule has 0 bridgehead atoms. The van der Waals surface area contributed by atoms with Crippen molar-refractivity contribution in [3.8, 4) is 5.75 Å². The van der Waals surface area contributed by atoms with Crippen LogP contribution in [0.15, 0.2) is 54.6 Å². The molecule has 1 N–H and O–H groups in total. The first-order valence-corrected chi connectivity index (χ1v) is 12.6. The zero-order chi connectivity index (χ0) is 18.9. The molecular weight excluding hydrogens is 472 g/mol. The molecule has 0 aliphatic rings. The summed E-state index contributed by atoms with van der Waals surface area (Å²) in [6.45, 7) is 3.53. The Labute approximate surface area is 149 Å². The van der Waals surface area contributed by atoms with Gasteiger partial charge in [-0.3, -0.25) is 0 Å². The third-order valence-electron chi connectivity index (χ3n) is 3.12. The van der Waals surface area contributed by atoms with Crippen LogP contribution in [-0.2, 0) is 10.1 Å². The van der Waals surface area contributed by atoms with Crippen LogP contribution >= 0.6 is 0 Å². The second-order valence-electron chi connectivity index (χ2n) is 5.33. The van der Waals surface area contributed by atoms with Crippen LogP contribution in [-0.4, -0.2) is 22.3 Å². The number of hydrogen-bond acceptors (Lipinski definition) is 3. The molecule has 0 aliphatic carbocycles. The van der Waals surface area contributed by atoms with Gasteiger partial charge in [0.05, 0.1) is 0 Å². The van der Waals surface area contributed by atoms with Crippen LogP contribution in [0.5, 0.6) is 5.75 Å². The number of halogens is 4. The first-order valence-electron chi connectivity index (χ1n) is 7.13. The maximum atomic E-state index is 15.8. The molecule has 4 nitrogen and oxygen atoms in total. The Morgan fingerprint density at radius 3 is 1.92 bits per heavy atom. The van der Waals surface area contributed by atoms with E-state index in [1.807, 2.05) is 0 Å². The Kier molecular flexibility index (Phi) is 5.69. The average Bonchev–Trinajstić information content (AvgIpc) is 2.54. The number of benzene rings is 2. The van der Waals surface area contributed by atoms with Gasteiger partial charge >= 0.3 is 149 Å². The van der Waals surface area contributed by atoms with E-state index in [1.54, 1.807) is 13.8 Å². The monoisotopic (exact) mass is 489 g/mol. The zero-order valence-corrected chi connectivity index (χ0v) is 16.3. The second-order valence-corrected chi connectivity index (χ2v) is 14.2. The van der Waals surface area contributed by atoms with Crippen LogP contribution in [0, 0.1) is 7.14 Å². The molecule has 0 saturated heterocycles. The van der Waals surface area contributed by atoms with Crippen molar-refractivity contribution in [3.63, 3.8) is 0 Å². The van der Waals surface area contributed by atoms with Crippen molar-refractivity contribution >= 4 is 10.1 Å². The van der Waals surface area contributed by atoms with Crippen molar-refractivity contribution in [2.24, 2.45) is 0 Å². The third kappa shape index (κ3) is 3.77. The molecule has 140 valence electrons. The number of hydrogen-bond donors (Lipinski definition) is 1. The topological polar surface area (TPSA) is 63.6 Å². The van der Waals surface area contributed by atoms with E-state index in [9.17, 15) is 17.2 Å². The summed E-state index contributed by atoms with van der Waals surface area (Å²) in [4.78, 5) is 0. The zero-order valence-electron chi connectivity index (χ0n) is 13.4. The fourth-order valence-corrected chi connectivity index (χ4v) is 10.8. The van der Waals surface area contributed by atoms with Crippen LogP contribution in [0.3, 0.4) is 0 Å². The standard InChI is InChI=1S/C16H17F3IO4S/c1-12(2)24-15-10-8-14(9-11-15)20(19,13-6-4-3-5-7-13)16(17,18)25(21,22)23/h3-12H,1-2H3,(H,21,22,23)/q-1. The molecule has 0 heterocycles. The minimum absolute atomic E-state index is 0.171. The number of rotatable bonds is 6. The first-order chi connectivity index (χ1) is 11.5. The summed E-state index contributed by atoms with van der Waals surface area (Å²) in [7, 11) is -5.95. The molecule has 2 aromatic carbocycles. The van der Waals surface area contributed by atoms with E-state index in [0.29, 0.717) is 5.75 Å². The summed E-state index contributed by atoms with van der Waals surface area (Å²) >= 11 is -6.21. The van der Waals surface area contributed by atoms with Crippen molar-refractivity contribution < 1.29 is 48.4 Å². The van der Waals surface area contributed by atoms with Gasteiger partial charge in [0.2, 0.25) is 0 Å². The SMILES string of the molecule is CC(C)Oc1ccc([I-](F)(c2ccccc2)C(F)(F)S(=O)(=O)O)cc1. The van der Waals surface area contributed by atoms with E-state index < -0.39 is 39.5 Å². The van der Waals surface area contributed by atoms with Gasteiger partial charge < -0.3 is 0 Å². The Balaban J connectivity index is 2.65. The van der Waals surface area contributed by atoms with Gasteiger partial charge in [-0.1, -0.05) is 0 Å². The summed E-state index contributed by atoms with van der Waals surface area (Å²) in [5, 5.41) is 0. The van der Waals surface area contributed by atoms with E-state index in [4.69, 9.17) is 9.29 Å². The molecule has 9 heteroatoms. The summed E-state index contributed by atoms with van der Waals surface area (Å²) in [5.74, 6) is 0.338. The van der Waals surface area contributed by atoms with E-state index in [-0.39, 0.29) is 6.10 Å². The molecule has 0 amide bonds. The predicted octanol–water partition coefficient (Wildman–Crippen LogP) is 0.996. The fourth-order valence-electron chi connectivity index (χ4n) is 2.06. The van der Waals surface area contributed by atoms with Gasteiger partial charge in [-0.15, -0.1) is 0 Å². The van der Waals surface area contributed by atoms with Crippen molar-refractivity contribution in [2.45, 2.75) is 23.2 Å². The quantitative estimate of drug-likeness (QED) is 0.374. The molecule has 0 radical (unpaired) electrons. The Hall–Kier alpha value is -1.33. The van der Waals surface area contributed by atoms with Crippen molar-refractivity contribution in [2.75, 3.05) is 0 Å². The summed E-state index contributed by atoms with van der Waals surface area (Å²) < 4.78 is 75.8. The van der Waals surface area contributed by atoms with Gasteiger partial charge in [-0.05, 0) is 0 Å². The van der Waals surface area contributed by atoms with E-state index in [2.05, 4.69) is 0 Å². The molecule has 1 atom stereocenters. The average molecular weight is 489 g/mol. The number of alkyl halides is 3. The summed E-state index contributed by atoms with van der Waals surface area (Å²) in [5.41, 5.74) is 0. The molecule has 2 aromatic rings. The molecule has 0 aliphatic heterocycles. The normalized spacial score (nSPS) is 16.3. The molecule has 0 saturated carbocycles. The van der Waals surface area contributed by atoms with Crippen molar-refractivity contribution in [1.82, 2.24) is 0 Å². The minimum atomic E-state index is -6.21. The second kappa shape index (κ2) is 7.12. The van der Waals surface area contributed by atoms with Crippen LogP contribution in [0.25, 0.3) is 0 Å². The van der Waals surface area contributed by atoms with Gasteiger partial charge in [0, 0.05) is 0 Å². The Bertz CT molecular complexity index is 826. The summed E-state index contributed by atoms with van der Waals surface area (Å²) in [6.07, 6.45) is -0.171. The molecule has 2 rings (SSSR count). The third-order valence-corrected chi connectivity index (χ3v) is 13.4. The molecule has 25 heavy (non-hydrogen) atoms. The van der Waals surface area contributed by atoms with Crippen LogP contribution < -0.4 is 23.7 Å². The Morgan fingerprint density at radius 2 is 1.48 bits per heavy atom. The number of ether oxygens (including phenoxy) is 1. The molecule has 0 fully saturated rings. The predicted molar refractivity (Wildman–Crippen MR) is 83.6 cm³/mol. The molecule has 1 unspecified atom stereocenters. The summed E-state index contributed by atoms with van der Waals surface area (Å²) in [6, 6.07) is 11.2. The van der Waals surface area contributed by atoms with Crippen molar-refractivity contribution in [3.05, 3.63) is 61.7 Å². The maximum absolute atomic E-state index is 15.8. The van der Waals surface area contributed by atoms with E-state index in [1.165, 1.54) is 30.3 Å². The van der Waals surface area contributed by atoms with Gasteiger partial charge in [0.25, 0.3) is 0 Å². The van der Waals surface area contributed by atoms with E-state index >= 15 is 2.86 Å². The first kappa shape index (κ1) is 20.0.